The Morgan fingerprint density at radius 3 is 2.65 bits per heavy atom. The lowest BCUT2D eigenvalue weighted by molar-refractivity contribution is 0.753. The Kier molecular flexibility index (Phi) is 3.96. The molecule has 0 spiro atoms. The predicted octanol–water partition coefficient (Wildman–Crippen LogP) is 3.56. The lowest BCUT2D eigenvalue weighted by atomic mass is 10.2. The highest BCUT2D eigenvalue weighted by molar-refractivity contribution is 8.00. The van der Waals surface area contributed by atoms with Crippen LogP contribution in [0.25, 0.3) is 0 Å². The summed E-state index contributed by atoms with van der Waals surface area (Å²) in [6.45, 7) is 5.94. The molecule has 90 valence electrons. The maximum atomic E-state index is 5.97. The number of aryl methyl sites for hydroxylation is 1. The van der Waals surface area contributed by atoms with Crippen LogP contribution in [0.3, 0.4) is 0 Å². The molecule has 0 aliphatic carbocycles. The second-order valence-corrected chi connectivity index (χ2v) is 6.16. The minimum absolute atomic E-state index is 0.254. The molecule has 0 unspecified atom stereocenters. The van der Waals surface area contributed by atoms with E-state index in [0.29, 0.717) is 5.15 Å². The van der Waals surface area contributed by atoms with Gasteiger partial charge in [0.1, 0.15) is 21.8 Å². The molecule has 0 amide bonds. The van der Waals surface area contributed by atoms with E-state index in [4.69, 9.17) is 11.6 Å². The maximum Gasteiger partial charge on any atom is 0.176 e. The molecule has 17 heavy (non-hydrogen) atoms. The van der Waals surface area contributed by atoms with Crippen molar-refractivity contribution in [3.63, 3.8) is 0 Å². The van der Waals surface area contributed by atoms with E-state index < -0.39 is 0 Å². The monoisotopic (exact) mass is 286 g/mol. The first-order valence-electron chi connectivity index (χ1n) is 5.07. The largest absolute Gasteiger partial charge is 0.226 e. The van der Waals surface area contributed by atoms with E-state index in [9.17, 15) is 0 Å². The first-order chi connectivity index (χ1) is 8.04. The molecule has 0 aromatic carbocycles. The van der Waals surface area contributed by atoms with Crippen LogP contribution in [0.15, 0.2) is 15.4 Å². The zero-order valence-electron chi connectivity index (χ0n) is 9.64. The van der Waals surface area contributed by atoms with Crippen LogP contribution >= 0.6 is 34.9 Å². The third-order valence-corrected chi connectivity index (χ3v) is 3.86. The molecule has 0 saturated carbocycles. The van der Waals surface area contributed by atoms with Gasteiger partial charge in [0.2, 0.25) is 0 Å². The van der Waals surface area contributed by atoms with E-state index in [0.717, 1.165) is 21.0 Å². The zero-order valence-corrected chi connectivity index (χ0v) is 12.0. The molecule has 0 aliphatic rings. The third-order valence-electron chi connectivity index (χ3n) is 1.91. The smallest absolute Gasteiger partial charge is 0.176 e. The first-order valence-corrected chi connectivity index (χ1v) is 7.04. The molecule has 0 N–H and O–H groups in total. The summed E-state index contributed by atoms with van der Waals surface area (Å²) in [6, 6.07) is 1.74. The fraction of sp³-hybridized carbons (Fsp3) is 0.400. The fourth-order valence-corrected chi connectivity index (χ4v) is 3.00. The third kappa shape index (κ3) is 3.37. The quantitative estimate of drug-likeness (QED) is 0.808. The standard InChI is InChI=1S/C10H11ClN4S2/c1-5(2)9-13-7(11)4-8(14-9)16-10-12-6(3)15-17-10/h4-5H,1-3H3. The van der Waals surface area contributed by atoms with E-state index >= 15 is 0 Å². The topological polar surface area (TPSA) is 51.6 Å². The Labute approximate surface area is 113 Å². The summed E-state index contributed by atoms with van der Waals surface area (Å²) < 4.78 is 4.99. The number of hydrogen-bond donors (Lipinski definition) is 0. The zero-order chi connectivity index (χ0) is 12.4. The molecule has 0 radical (unpaired) electrons. The number of hydrogen-bond acceptors (Lipinski definition) is 6. The van der Waals surface area contributed by atoms with Crippen LogP contribution in [-0.4, -0.2) is 19.3 Å². The molecular weight excluding hydrogens is 276 g/mol. The van der Waals surface area contributed by atoms with Gasteiger partial charge in [-0.3, -0.25) is 0 Å². The lowest BCUT2D eigenvalue weighted by Gasteiger charge is -2.05. The summed E-state index contributed by atoms with van der Waals surface area (Å²) in [5.41, 5.74) is 0. The van der Waals surface area contributed by atoms with Crippen molar-refractivity contribution >= 4 is 34.9 Å². The van der Waals surface area contributed by atoms with Crippen molar-refractivity contribution in [2.45, 2.75) is 36.1 Å². The van der Waals surface area contributed by atoms with Crippen molar-refractivity contribution in [2.24, 2.45) is 0 Å². The molecule has 2 aromatic heterocycles. The summed E-state index contributed by atoms with van der Waals surface area (Å²) >= 11 is 8.79. The molecule has 0 fully saturated rings. The summed E-state index contributed by atoms with van der Waals surface area (Å²) in [5, 5.41) is 1.28. The van der Waals surface area contributed by atoms with Crippen LogP contribution in [0.5, 0.6) is 0 Å². The minimum atomic E-state index is 0.254. The van der Waals surface area contributed by atoms with Crippen molar-refractivity contribution in [2.75, 3.05) is 0 Å². The highest BCUT2D eigenvalue weighted by atomic mass is 35.5. The van der Waals surface area contributed by atoms with Crippen LogP contribution in [0.1, 0.15) is 31.4 Å². The van der Waals surface area contributed by atoms with Gasteiger partial charge in [0.05, 0.1) is 0 Å². The minimum Gasteiger partial charge on any atom is -0.226 e. The molecule has 2 aromatic rings. The van der Waals surface area contributed by atoms with E-state index in [1.807, 2.05) is 20.8 Å². The van der Waals surface area contributed by atoms with E-state index in [2.05, 4.69) is 19.3 Å². The van der Waals surface area contributed by atoms with Crippen LogP contribution in [0.2, 0.25) is 5.15 Å². The van der Waals surface area contributed by atoms with Crippen molar-refractivity contribution < 1.29 is 0 Å². The summed E-state index contributed by atoms with van der Waals surface area (Å²) in [6.07, 6.45) is 0. The molecule has 4 nitrogen and oxygen atoms in total. The van der Waals surface area contributed by atoms with Gasteiger partial charge in [0.15, 0.2) is 4.34 Å². The van der Waals surface area contributed by atoms with Gasteiger partial charge < -0.3 is 0 Å². The fourth-order valence-electron chi connectivity index (χ4n) is 1.13. The SMILES string of the molecule is Cc1nsc(Sc2cc(Cl)nc(C(C)C)n2)n1. The van der Waals surface area contributed by atoms with Crippen molar-refractivity contribution in [3.8, 4) is 0 Å². The van der Waals surface area contributed by atoms with Crippen molar-refractivity contribution in [1.82, 2.24) is 19.3 Å². The number of halogens is 1. The maximum absolute atomic E-state index is 5.97. The molecule has 0 aliphatic heterocycles. The van der Waals surface area contributed by atoms with Crippen molar-refractivity contribution in [3.05, 3.63) is 22.9 Å². The van der Waals surface area contributed by atoms with Gasteiger partial charge in [-0.15, -0.1) is 0 Å². The molecule has 0 bridgehead atoms. The Hall–Kier alpha value is -0.720. The van der Waals surface area contributed by atoms with E-state index in [1.54, 1.807) is 6.07 Å². The molecule has 2 heterocycles. The van der Waals surface area contributed by atoms with Gasteiger partial charge in [0.25, 0.3) is 0 Å². The van der Waals surface area contributed by atoms with Crippen molar-refractivity contribution in [1.29, 1.82) is 0 Å². The Morgan fingerprint density at radius 1 is 1.29 bits per heavy atom. The van der Waals surface area contributed by atoms with E-state index in [1.165, 1.54) is 23.3 Å². The summed E-state index contributed by atoms with van der Waals surface area (Å²) in [7, 11) is 0. The average molecular weight is 287 g/mol. The van der Waals surface area contributed by atoms with Gasteiger partial charge in [-0.05, 0) is 30.2 Å². The summed E-state index contributed by atoms with van der Waals surface area (Å²) in [4.78, 5) is 12.9. The first kappa shape index (κ1) is 12.7. The normalized spacial score (nSPS) is 11.1. The second-order valence-electron chi connectivity index (χ2n) is 3.75. The number of aromatic nitrogens is 4. The Bertz CT molecular complexity index is 527. The highest BCUT2D eigenvalue weighted by Crippen LogP contribution is 2.29. The van der Waals surface area contributed by atoms with Gasteiger partial charge in [0, 0.05) is 12.0 Å². The van der Waals surface area contributed by atoms with Gasteiger partial charge in [-0.25, -0.2) is 15.0 Å². The highest BCUT2D eigenvalue weighted by Gasteiger charge is 2.10. The predicted molar refractivity (Wildman–Crippen MR) is 69.9 cm³/mol. The van der Waals surface area contributed by atoms with Crippen LogP contribution in [-0.2, 0) is 0 Å². The number of rotatable bonds is 3. The molecule has 2 rings (SSSR count). The Morgan fingerprint density at radius 2 is 2.06 bits per heavy atom. The van der Waals surface area contributed by atoms with E-state index in [-0.39, 0.29) is 5.92 Å². The number of nitrogens with zero attached hydrogens (tertiary/aromatic N) is 4. The van der Waals surface area contributed by atoms with Gasteiger partial charge in [-0.1, -0.05) is 25.4 Å². The Balaban J connectivity index is 2.26. The average Bonchev–Trinajstić information content (AvgIpc) is 2.63. The molecular formula is C10H11ClN4S2. The molecule has 0 atom stereocenters. The van der Waals surface area contributed by atoms with Crippen LogP contribution < -0.4 is 0 Å². The molecule has 7 heteroatoms. The second kappa shape index (κ2) is 5.29. The van der Waals surface area contributed by atoms with Crippen LogP contribution in [0, 0.1) is 6.92 Å². The summed E-state index contributed by atoms with van der Waals surface area (Å²) in [5.74, 6) is 1.78. The van der Waals surface area contributed by atoms with Gasteiger partial charge in [-0.2, -0.15) is 4.37 Å². The van der Waals surface area contributed by atoms with Crippen LogP contribution in [0.4, 0.5) is 0 Å². The lowest BCUT2D eigenvalue weighted by Crippen LogP contribution is -1.98. The van der Waals surface area contributed by atoms with Gasteiger partial charge >= 0.3 is 0 Å². The molecule has 0 saturated heterocycles.